The molecule has 0 aliphatic rings. The first kappa shape index (κ1) is 16.5. The lowest BCUT2D eigenvalue weighted by atomic mass is 10.0. The molecule has 22 heavy (non-hydrogen) atoms. The Labute approximate surface area is 133 Å². The minimum absolute atomic E-state index is 0.0181. The second-order valence-electron chi connectivity index (χ2n) is 5.10. The van der Waals surface area contributed by atoms with E-state index in [9.17, 15) is 18.0 Å². The number of halogens is 4. The third-order valence-corrected chi connectivity index (χ3v) is 3.50. The Hall–Kier alpha value is -1.89. The van der Waals surface area contributed by atoms with Crippen LogP contribution in [0.3, 0.4) is 0 Å². The minimum atomic E-state index is -1.71. The summed E-state index contributed by atoms with van der Waals surface area (Å²) in [5.74, 6) is -2.33. The van der Waals surface area contributed by atoms with E-state index in [1.807, 2.05) is 0 Å². The van der Waals surface area contributed by atoms with E-state index in [1.165, 1.54) is 32.2 Å². The largest absolute Gasteiger partial charge is 0.319 e. The number of carbonyl (C=O) groups excluding carboxylic acids is 1. The summed E-state index contributed by atoms with van der Waals surface area (Å²) in [4.78, 5) is 16.0. The van der Waals surface area contributed by atoms with E-state index < -0.39 is 23.2 Å². The molecule has 1 aromatic carbocycles. The zero-order valence-corrected chi connectivity index (χ0v) is 13.3. The van der Waals surface area contributed by atoms with Crippen molar-refractivity contribution in [2.75, 3.05) is 5.32 Å². The number of pyridine rings is 1. The first-order chi connectivity index (χ1) is 10.2. The second-order valence-corrected chi connectivity index (χ2v) is 5.96. The van der Waals surface area contributed by atoms with Crippen molar-refractivity contribution in [2.24, 2.45) is 0 Å². The van der Waals surface area contributed by atoms with Gasteiger partial charge in [0.25, 0.3) is 5.91 Å². The van der Waals surface area contributed by atoms with Crippen LogP contribution in [0.5, 0.6) is 0 Å². The molecule has 2 rings (SSSR count). The summed E-state index contributed by atoms with van der Waals surface area (Å²) < 4.78 is 40.7. The molecular weight excluding hydrogens is 361 g/mol. The van der Waals surface area contributed by atoms with Crippen molar-refractivity contribution < 1.29 is 18.0 Å². The zero-order valence-electron chi connectivity index (χ0n) is 11.8. The summed E-state index contributed by atoms with van der Waals surface area (Å²) in [6, 6.07) is 4.43. The van der Waals surface area contributed by atoms with E-state index in [0.29, 0.717) is 6.07 Å². The van der Waals surface area contributed by atoms with Gasteiger partial charge < -0.3 is 5.32 Å². The highest BCUT2D eigenvalue weighted by Crippen LogP contribution is 2.25. The number of anilines is 1. The molecular formula is C15H12BrF3N2O. The van der Waals surface area contributed by atoms with E-state index in [-0.39, 0.29) is 21.4 Å². The lowest BCUT2D eigenvalue weighted by Gasteiger charge is -2.14. The molecule has 0 fully saturated rings. The number of nitrogens with zero attached hydrogens (tertiary/aromatic N) is 1. The number of hydrogen-bond acceptors (Lipinski definition) is 2. The van der Waals surface area contributed by atoms with Crippen LogP contribution >= 0.6 is 15.9 Å². The first-order valence-electron chi connectivity index (χ1n) is 6.30. The fourth-order valence-corrected chi connectivity index (χ4v) is 2.05. The molecule has 0 saturated heterocycles. The Morgan fingerprint density at radius 1 is 1.23 bits per heavy atom. The van der Waals surface area contributed by atoms with Gasteiger partial charge in [0.15, 0.2) is 0 Å². The highest BCUT2D eigenvalue weighted by molar-refractivity contribution is 9.10. The van der Waals surface area contributed by atoms with Crippen LogP contribution in [0.15, 0.2) is 34.9 Å². The van der Waals surface area contributed by atoms with Crippen molar-refractivity contribution in [2.45, 2.75) is 19.5 Å². The van der Waals surface area contributed by atoms with Crippen LogP contribution in [0.2, 0.25) is 0 Å². The smallest absolute Gasteiger partial charge is 0.255 e. The molecule has 1 N–H and O–H groups in total. The van der Waals surface area contributed by atoms with Gasteiger partial charge in [-0.25, -0.2) is 13.2 Å². The van der Waals surface area contributed by atoms with Crippen LogP contribution in [0.1, 0.15) is 29.9 Å². The van der Waals surface area contributed by atoms with Crippen LogP contribution in [0, 0.1) is 11.6 Å². The number of benzene rings is 1. The van der Waals surface area contributed by atoms with Crippen LogP contribution in [-0.2, 0) is 5.67 Å². The van der Waals surface area contributed by atoms with Crippen LogP contribution < -0.4 is 5.32 Å². The summed E-state index contributed by atoms with van der Waals surface area (Å²) in [7, 11) is 0. The maximum absolute atomic E-state index is 13.9. The quantitative estimate of drug-likeness (QED) is 0.801. The Bertz CT molecular complexity index is 729. The van der Waals surface area contributed by atoms with E-state index in [0.717, 1.165) is 6.07 Å². The molecule has 7 heteroatoms. The van der Waals surface area contributed by atoms with Crippen LogP contribution in [0.4, 0.5) is 18.9 Å². The van der Waals surface area contributed by atoms with E-state index in [2.05, 4.69) is 26.2 Å². The molecule has 0 bridgehead atoms. The maximum Gasteiger partial charge on any atom is 0.255 e. The van der Waals surface area contributed by atoms with E-state index in [1.54, 1.807) is 0 Å². The molecule has 2 aromatic rings. The average Bonchev–Trinajstić information content (AvgIpc) is 2.44. The van der Waals surface area contributed by atoms with Gasteiger partial charge in [0, 0.05) is 17.8 Å². The summed E-state index contributed by atoms with van der Waals surface area (Å²) in [6.45, 7) is 2.63. The van der Waals surface area contributed by atoms with Crippen LogP contribution in [-0.4, -0.2) is 10.9 Å². The predicted molar refractivity (Wildman–Crippen MR) is 80.4 cm³/mol. The van der Waals surface area contributed by atoms with Crippen molar-refractivity contribution >= 4 is 27.5 Å². The Kier molecular flexibility index (Phi) is 4.55. The normalized spacial score (nSPS) is 11.4. The molecule has 1 heterocycles. The summed E-state index contributed by atoms with van der Waals surface area (Å²) >= 11 is 2.91. The number of carbonyl (C=O) groups is 1. The number of amides is 1. The third-order valence-electron chi connectivity index (χ3n) is 2.89. The standard InChI is InChI=1S/C15H12BrF3N2O/c1-15(2,19)13-5-8(3-4-20-13)14(22)21-12-6-9(16)10(17)7-11(12)18/h3-7H,1-2H3,(H,21,22). The molecule has 1 amide bonds. The molecule has 0 atom stereocenters. The summed E-state index contributed by atoms with van der Waals surface area (Å²) in [5.41, 5.74) is -1.69. The van der Waals surface area contributed by atoms with Gasteiger partial charge in [-0.2, -0.15) is 0 Å². The summed E-state index contributed by atoms with van der Waals surface area (Å²) in [6.07, 6.45) is 1.29. The number of alkyl halides is 1. The fourth-order valence-electron chi connectivity index (χ4n) is 1.71. The first-order valence-corrected chi connectivity index (χ1v) is 7.09. The van der Waals surface area contributed by atoms with E-state index in [4.69, 9.17) is 0 Å². The van der Waals surface area contributed by atoms with Gasteiger partial charge in [-0.3, -0.25) is 9.78 Å². The fraction of sp³-hybridized carbons (Fsp3) is 0.200. The topological polar surface area (TPSA) is 42.0 Å². The van der Waals surface area contributed by atoms with Crippen molar-refractivity contribution in [3.63, 3.8) is 0 Å². The monoisotopic (exact) mass is 372 g/mol. The van der Waals surface area contributed by atoms with Gasteiger partial charge in [0.2, 0.25) is 0 Å². The molecule has 116 valence electrons. The molecule has 0 unspecified atom stereocenters. The van der Waals surface area contributed by atoms with Crippen molar-refractivity contribution in [1.82, 2.24) is 4.98 Å². The zero-order chi connectivity index (χ0) is 16.5. The van der Waals surface area contributed by atoms with Crippen molar-refractivity contribution in [3.05, 3.63) is 57.8 Å². The SMILES string of the molecule is CC(C)(F)c1cc(C(=O)Nc2cc(Br)c(F)cc2F)ccn1. The molecule has 0 saturated carbocycles. The molecule has 0 spiro atoms. The van der Waals surface area contributed by atoms with Crippen LogP contribution in [0.25, 0.3) is 0 Å². The number of hydrogen-bond donors (Lipinski definition) is 1. The molecule has 3 nitrogen and oxygen atoms in total. The lowest BCUT2D eigenvalue weighted by molar-refractivity contribution is 0.102. The number of aromatic nitrogens is 1. The molecule has 1 aromatic heterocycles. The number of nitrogens with one attached hydrogen (secondary N) is 1. The van der Waals surface area contributed by atoms with Gasteiger partial charge in [-0.1, -0.05) is 0 Å². The Morgan fingerprint density at radius 2 is 1.91 bits per heavy atom. The van der Waals surface area contributed by atoms with Gasteiger partial charge in [0.05, 0.1) is 15.9 Å². The van der Waals surface area contributed by atoms with Gasteiger partial charge in [0.1, 0.15) is 17.3 Å². The van der Waals surface area contributed by atoms with Gasteiger partial charge in [-0.15, -0.1) is 0 Å². The summed E-state index contributed by atoms with van der Waals surface area (Å²) in [5, 5.41) is 2.31. The number of rotatable bonds is 3. The minimum Gasteiger partial charge on any atom is -0.319 e. The van der Waals surface area contributed by atoms with Crippen molar-refractivity contribution in [1.29, 1.82) is 0 Å². The highest BCUT2D eigenvalue weighted by atomic mass is 79.9. The molecule has 0 aliphatic heterocycles. The Balaban J connectivity index is 2.29. The lowest BCUT2D eigenvalue weighted by Crippen LogP contribution is -2.17. The Morgan fingerprint density at radius 3 is 2.55 bits per heavy atom. The second kappa shape index (κ2) is 6.08. The highest BCUT2D eigenvalue weighted by Gasteiger charge is 2.22. The van der Waals surface area contributed by atoms with Gasteiger partial charge >= 0.3 is 0 Å². The molecule has 0 aliphatic carbocycles. The molecule has 0 radical (unpaired) electrons. The third kappa shape index (κ3) is 3.65. The predicted octanol–water partition coefficient (Wildman–Crippen LogP) is 4.58. The maximum atomic E-state index is 13.9. The van der Waals surface area contributed by atoms with E-state index >= 15 is 0 Å². The van der Waals surface area contributed by atoms with Gasteiger partial charge in [-0.05, 0) is 48.0 Å². The average molecular weight is 373 g/mol. The van der Waals surface area contributed by atoms with Crippen molar-refractivity contribution in [3.8, 4) is 0 Å².